The molecular formula is C19H25N3O13P2. The van der Waals surface area contributed by atoms with E-state index >= 15 is 0 Å². The minimum absolute atomic E-state index is 0.0273. The highest BCUT2D eigenvalue weighted by atomic mass is 31.3. The standard InChI is InChI=1S/C19H25N3O13P2/c1-10(24)20-13-3-2-11(7-23)6-12(13)9-36(29,30)35-37(31,32)33-8-14-16(26)17(27)18(34-14)22-5-4-15(25)21-19(22)28/h2-6,14,16-18,23,26-27H,7-9H2,1H3,(H,20,24)(H,29,30)(H,31,32)(H,21,25,28). The molecule has 0 spiro atoms. The maximum Gasteiger partial charge on any atom is 0.479 e. The SMILES string of the molecule is CC(=O)Nc1ccc(CO)cc1CP(=O)(O)OP(=O)(O)OCC1OC(n2ccc(=O)[nH]c2=O)C(O)C1O. The van der Waals surface area contributed by atoms with E-state index in [0.29, 0.717) is 5.56 Å². The van der Waals surface area contributed by atoms with Gasteiger partial charge in [-0.25, -0.2) is 13.7 Å². The van der Waals surface area contributed by atoms with Gasteiger partial charge in [-0.05, 0) is 17.2 Å². The van der Waals surface area contributed by atoms with Crippen molar-refractivity contribution in [3.63, 3.8) is 0 Å². The van der Waals surface area contributed by atoms with Crippen molar-refractivity contribution in [3.05, 3.63) is 62.4 Å². The summed E-state index contributed by atoms with van der Waals surface area (Å²) in [5.74, 6) is -0.498. The lowest BCUT2D eigenvalue weighted by Crippen LogP contribution is -2.37. The van der Waals surface area contributed by atoms with Crippen molar-refractivity contribution < 1.29 is 52.6 Å². The van der Waals surface area contributed by atoms with E-state index < -0.39 is 76.5 Å². The lowest BCUT2D eigenvalue weighted by atomic mass is 10.1. The van der Waals surface area contributed by atoms with Crippen LogP contribution < -0.4 is 16.6 Å². The third-order valence-electron chi connectivity index (χ3n) is 5.13. The Hall–Kier alpha value is -2.49. The van der Waals surface area contributed by atoms with Gasteiger partial charge in [0.25, 0.3) is 5.56 Å². The van der Waals surface area contributed by atoms with Gasteiger partial charge in [-0.2, -0.15) is 0 Å². The smallest absolute Gasteiger partial charge is 0.392 e. The number of hydrogen-bond donors (Lipinski definition) is 7. The number of H-pyrrole nitrogens is 1. The van der Waals surface area contributed by atoms with Crippen molar-refractivity contribution >= 4 is 27.0 Å². The molecule has 0 radical (unpaired) electrons. The summed E-state index contributed by atoms with van der Waals surface area (Å²) in [5.41, 5.74) is -1.20. The van der Waals surface area contributed by atoms with E-state index in [1.807, 2.05) is 4.98 Å². The summed E-state index contributed by atoms with van der Waals surface area (Å²) in [4.78, 5) is 56.7. The van der Waals surface area contributed by atoms with Crippen LogP contribution in [0.2, 0.25) is 0 Å². The molecule has 1 fully saturated rings. The number of nitrogens with zero attached hydrogens (tertiary/aromatic N) is 1. The van der Waals surface area contributed by atoms with Crippen molar-refractivity contribution in [3.8, 4) is 0 Å². The zero-order valence-electron chi connectivity index (χ0n) is 19.2. The Morgan fingerprint density at radius 3 is 2.51 bits per heavy atom. The quantitative estimate of drug-likeness (QED) is 0.173. The van der Waals surface area contributed by atoms with Gasteiger partial charge in [0.15, 0.2) is 6.23 Å². The van der Waals surface area contributed by atoms with Crippen molar-refractivity contribution in [2.45, 2.75) is 44.2 Å². The van der Waals surface area contributed by atoms with E-state index in [1.165, 1.54) is 25.1 Å². The monoisotopic (exact) mass is 565 g/mol. The number of carbonyl (C=O) groups is 1. The Bertz CT molecular complexity index is 1360. The summed E-state index contributed by atoms with van der Waals surface area (Å²) in [5, 5.41) is 32.1. The molecule has 3 rings (SSSR count). The first-order chi connectivity index (χ1) is 17.2. The van der Waals surface area contributed by atoms with Gasteiger partial charge in [0, 0.05) is 24.9 Å². The van der Waals surface area contributed by atoms with E-state index in [9.17, 15) is 48.6 Å². The van der Waals surface area contributed by atoms with Gasteiger partial charge in [-0.15, -0.1) is 0 Å². The summed E-state index contributed by atoms with van der Waals surface area (Å²) in [6, 6.07) is 5.08. The predicted octanol–water partition coefficient (Wildman–Crippen LogP) is -0.874. The van der Waals surface area contributed by atoms with Crippen molar-refractivity contribution in [2.75, 3.05) is 11.9 Å². The number of phosphoric ester groups is 1. The fraction of sp³-hybridized carbons (Fsp3) is 0.421. The fourth-order valence-electron chi connectivity index (χ4n) is 3.51. The Labute approximate surface area is 208 Å². The average Bonchev–Trinajstić information content (AvgIpc) is 3.06. The number of aliphatic hydroxyl groups is 3. The fourth-order valence-corrected chi connectivity index (χ4v) is 6.25. The second kappa shape index (κ2) is 11.5. The molecular weight excluding hydrogens is 540 g/mol. The molecule has 6 unspecified atom stereocenters. The number of ether oxygens (including phenoxy) is 1. The van der Waals surface area contributed by atoms with Crippen LogP contribution in [0.5, 0.6) is 0 Å². The topological polar surface area (TPSA) is 247 Å². The van der Waals surface area contributed by atoms with E-state index in [-0.39, 0.29) is 11.3 Å². The molecule has 37 heavy (non-hydrogen) atoms. The van der Waals surface area contributed by atoms with Crippen LogP contribution in [0.25, 0.3) is 0 Å². The molecule has 1 aliphatic heterocycles. The maximum absolute atomic E-state index is 12.6. The van der Waals surface area contributed by atoms with Gasteiger partial charge >= 0.3 is 21.1 Å². The van der Waals surface area contributed by atoms with Crippen LogP contribution in [0, 0.1) is 0 Å². The lowest BCUT2D eigenvalue weighted by molar-refractivity contribution is -0.114. The summed E-state index contributed by atoms with van der Waals surface area (Å²) in [6.45, 7) is -0.131. The van der Waals surface area contributed by atoms with Crippen LogP contribution in [0.1, 0.15) is 24.3 Å². The van der Waals surface area contributed by atoms with Crippen molar-refractivity contribution in [2.24, 2.45) is 0 Å². The number of anilines is 1. The summed E-state index contributed by atoms with van der Waals surface area (Å²) < 4.78 is 40.2. The molecule has 1 aliphatic rings. The van der Waals surface area contributed by atoms with E-state index in [2.05, 4.69) is 14.2 Å². The average molecular weight is 565 g/mol. The number of rotatable bonds is 10. The van der Waals surface area contributed by atoms with Crippen LogP contribution in [-0.4, -0.2) is 65.5 Å². The molecule has 2 aromatic rings. The minimum Gasteiger partial charge on any atom is -0.392 e. The number of carbonyl (C=O) groups excluding carboxylic acids is 1. The molecule has 1 aromatic heterocycles. The molecule has 7 N–H and O–H groups in total. The van der Waals surface area contributed by atoms with Gasteiger partial charge < -0.3 is 35.2 Å². The van der Waals surface area contributed by atoms with Crippen LogP contribution in [0.4, 0.5) is 5.69 Å². The molecule has 2 heterocycles. The van der Waals surface area contributed by atoms with E-state index in [0.717, 1.165) is 16.8 Å². The highest BCUT2D eigenvalue weighted by Gasteiger charge is 2.45. The minimum atomic E-state index is -5.26. The Morgan fingerprint density at radius 1 is 1.19 bits per heavy atom. The first kappa shape index (κ1) is 29.1. The van der Waals surface area contributed by atoms with Gasteiger partial charge in [0.05, 0.1) is 19.4 Å². The predicted molar refractivity (Wildman–Crippen MR) is 124 cm³/mol. The number of phosphoric acid groups is 1. The maximum atomic E-state index is 12.6. The number of hydrogen-bond acceptors (Lipinski definition) is 11. The summed E-state index contributed by atoms with van der Waals surface area (Å²) in [7, 11) is -10.2. The van der Waals surface area contributed by atoms with E-state index in [1.54, 1.807) is 0 Å². The van der Waals surface area contributed by atoms with Crippen LogP contribution in [0.3, 0.4) is 0 Å². The molecule has 0 aliphatic carbocycles. The molecule has 0 saturated carbocycles. The number of nitrogens with one attached hydrogen (secondary N) is 2. The van der Waals surface area contributed by atoms with Gasteiger partial charge in [-0.1, -0.05) is 12.1 Å². The zero-order chi connectivity index (χ0) is 27.5. The molecule has 204 valence electrons. The Morgan fingerprint density at radius 2 is 1.89 bits per heavy atom. The Balaban J connectivity index is 1.68. The molecule has 1 saturated heterocycles. The summed E-state index contributed by atoms with van der Waals surface area (Å²) >= 11 is 0. The third-order valence-corrected chi connectivity index (χ3v) is 8.19. The first-order valence-electron chi connectivity index (χ1n) is 10.5. The van der Waals surface area contributed by atoms with Gasteiger partial charge in [-0.3, -0.25) is 28.2 Å². The highest BCUT2D eigenvalue weighted by Crippen LogP contribution is 2.61. The Kier molecular flexibility index (Phi) is 9.03. The molecule has 16 nitrogen and oxygen atoms in total. The van der Waals surface area contributed by atoms with Crippen LogP contribution in [-0.2, 0) is 40.3 Å². The van der Waals surface area contributed by atoms with Crippen molar-refractivity contribution in [1.82, 2.24) is 9.55 Å². The van der Waals surface area contributed by atoms with Gasteiger partial charge in [0.2, 0.25) is 5.91 Å². The molecule has 6 atom stereocenters. The second-order valence-corrected chi connectivity index (χ2v) is 11.5. The van der Waals surface area contributed by atoms with Crippen LogP contribution in [0.15, 0.2) is 40.1 Å². The van der Waals surface area contributed by atoms with Crippen molar-refractivity contribution in [1.29, 1.82) is 0 Å². The number of benzene rings is 1. The van der Waals surface area contributed by atoms with Gasteiger partial charge in [0.1, 0.15) is 18.3 Å². The third kappa shape index (κ3) is 7.52. The second-order valence-electron chi connectivity index (χ2n) is 8.04. The zero-order valence-corrected chi connectivity index (χ0v) is 21.0. The van der Waals surface area contributed by atoms with E-state index in [4.69, 9.17) is 4.74 Å². The summed E-state index contributed by atoms with van der Waals surface area (Å²) in [6.07, 6.45) is -6.22. The number of aliphatic hydroxyl groups excluding tert-OH is 3. The highest BCUT2D eigenvalue weighted by molar-refractivity contribution is 7.63. The lowest BCUT2D eigenvalue weighted by Gasteiger charge is -2.20. The first-order valence-corrected chi connectivity index (χ1v) is 13.8. The molecule has 0 bridgehead atoms. The molecule has 18 heteroatoms. The number of aromatic nitrogens is 2. The number of amides is 1. The molecule has 1 aromatic carbocycles. The number of aromatic amines is 1. The van der Waals surface area contributed by atoms with Crippen LogP contribution >= 0.6 is 15.4 Å². The molecule has 1 amide bonds. The largest absolute Gasteiger partial charge is 0.479 e. The normalized spacial score (nSPS) is 24.8.